The molecule has 2 fully saturated rings. The molecular weight excluding hydrogens is 288 g/mol. The molecule has 4 atom stereocenters. The number of hydrazine groups is 1. The number of aromatic nitrogens is 1. The van der Waals surface area contributed by atoms with E-state index < -0.39 is 11.0 Å². The number of fused-ring (bicyclic) bond motifs is 1. The van der Waals surface area contributed by atoms with Crippen LogP contribution in [0.4, 0.5) is 11.5 Å². The SMILES string of the molecule is NC(=O)C1NNC2CCC(Nc3ncccc3[N+](=O)[O-])CC21. The molecule has 0 bridgehead atoms. The number of primary amides is 1. The molecule has 0 spiro atoms. The van der Waals surface area contributed by atoms with Gasteiger partial charge in [0.25, 0.3) is 0 Å². The lowest BCUT2D eigenvalue weighted by molar-refractivity contribution is -0.384. The van der Waals surface area contributed by atoms with Crippen LogP contribution in [0, 0.1) is 16.0 Å². The van der Waals surface area contributed by atoms with Crippen molar-refractivity contribution in [3.63, 3.8) is 0 Å². The van der Waals surface area contributed by atoms with Gasteiger partial charge in [0.2, 0.25) is 11.7 Å². The summed E-state index contributed by atoms with van der Waals surface area (Å²) in [5, 5.41) is 14.2. The van der Waals surface area contributed by atoms with Gasteiger partial charge in [-0.2, -0.15) is 0 Å². The molecule has 3 rings (SSSR count). The molecule has 5 N–H and O–H groups in total. The van der Waals surface area contributed by atoms with Gasteiger partial charge in [-0.25, -0.2) is 10.4 Å². The summed E-state index contributed by atoms with van der Waals surface area (Å²) in [5.74, 6) is -0.0403. The Hall–Kier alpha value is -2.26. The third kappa shape index (κ3) is 2.72. The normalized spacial score (nSPS) is 30.5. The van der Waals surface area contributed by atoms with Crippen LogP contribution in [0.15, 0.2) is 18.3 Å². The van der Waals surface area contributed by atoms with E-state index in [0.717, 1.165) is 12.8 Å². The van der Waals surface area contributed by atoms with E-state index in [-0.39, 0.29) is 35.4 Å². The summed E-state index contributed by atoms with van der Waals surface area (Å²) in [6, 6.07) is 2.78. The molecule has 1 aromatic rings. The molecular formula is C13H18N6O3. The van der Waals surface area contributed by atoms with Crippen LogP contribution in [0.2, 0.25) is 0 Å². The van der Waals surface area contributed by atoms with Crippen molar-refractivity contribution in [2.45, 2.75) is 37.4 Å². The summed E-state index contributed by atoms with van der Waals surface area (Å²) in [4.78, 5) is 26.1. The Morgan fingerprint density at radius 2 is 2.27 bits per heavy atom. The van der Waals surface area contributed by atoms with Crippen molar-refractivity contribution in [2.75, 3.05) is 5.32 Å². The van der Waals surface area contributed by atoms with Gasteiger partial charge in [-0.15, -0.1) is 0 Å². The molecule has 2 heterocycles. The number of pyridine rings is 1. The lowest BCUT2D eigenvalue weighted by Gasteiger charge is -2.32. The average Bonchev–Trinajstić information content (AvgIpc) is 2.91. The average molecular weight is 306 g/mol. The van der Waals surface area contributed by atoms with Crippen LogP contribution in [-0.4, -0.2) is 33.9 Å². The predicted octanol–water partition coefficient (Wildman–Crippen LogP) is -0.0993. The highest BCUT2D eigenvalue weighted by Gasteiger charge is 2.43. The largest absolute Gasteiger partial charge is 0.368 e. The summed E-state index contributed by atoms with van der Waals surface area (Å²) in [6.45, 7) is 0. The first-order valence-corrected chi connectivity index (χ1v) is 7.22. The highest BCUT2D eigenvalue weighted by atomic mass is 16.6. The lowest BCUT2D eigenvalue weighted by Crippen LogP contribution is -2.44. The summed E-state index contributed by atoms with van der Waals surface area (Å²) < 4.78 is 0. The second-order valence-electron chi connectivity index (χ2n) is 5.72. The third-order valence-electron chi connectivity index (χ3n) is 4.38. The maximum absolute atomic E-state index is 11.5. The number of hydrogen-bond donors (Lipinski definition) is 4. The molecule has 9 nitrogen and oxygen atoms in total. The second-order valence-corrected chi connectivity index (χ2v) is 5.72. The quantitative estimate of drug-likeness (QED) is 0.450. The highest BCUT2D eigenvalue weighted by Crippen LogP contribution is 2.33. The smallest absolute Gasteiger partial charge is 0.311 e. The number of carbonyl (C=O) groups is 1. The molecule has 1 saturated carbocycles. The van der Waals surface area contributed by atoms with E-state index in [4.69, 9.17) is 5.73 Å². The van der Waals surface area contributed by atoms with Crippen molar-refractivity contribution >= 4 is 17.4 Å². The molecule has 22 heavy (non-hydrogen) atoms. The Labute approximate surface area is 126 Å². The number of nitrogens with two attached hydrogens (primary N) is 1. The van der Waals surface area contributed by atoms with Gasteiger partial charge in [-0.3, -0.25) is 20.3 Å². The molecule has 118 valence electrons. The molecule has 1 aliphatic carbocycles. The van der Waals surface area contributed by atoms with Gasteiger partial charge in [0, 0.05) is 30.3 Å². The number of anilines is 1. The molecule has 4 unspecified atom stereocenters. The zero-order chi connectivity index (χ0) is 15.7. The number of nitrogens with zero attached hydrogens (tertiary/aromatic N) is 2. The molecule has 1 aliphatic heterocycles. The number of nitrogens with one attached hydrogen (secondary N) is 3. The minimum absolute atomic E-state index is 0.0263. The van der Waals surface area contributed by atoms with Gasteiger partial charge < -0.3 is 11.1 Å². The molecule has 9 heteroatoms. The van der Waals surface area contributed by atoms with E-state index in [1.807, 2.05) is 0 Å². The second kappa shape index (κ2) is 5.85. The Morgan fingerprint density at radius 3 is 3.00 bits per heavy atom. The Morgan fingerprint density at radius 1 is 1.45 bits per heavy atom. The first kappa shape index (κ1) is 14.7. The van der Waals surface area contributed by atoms with Crippen LogP contribution >= 0.6 is 0 Å². The molecule has 1 aromatic heterocycles. The van der Waals surface area contributed by atoms with E-state index >= 15 is 0 Å². The summed E-state index contributed by atoms with van der Waals surface area (Å²) >= 11 is 0. The van der Waals surface area contributed by atoms with Gasteiger partial charge in [-0.1, -0.05) is 0 Å². The van der Waals surface area contributed by atoms with Gasteiger partial charge in [0.1, 0.15) is 6.04 Å². The van der Waals surface area contributed by atoms with Crippen molar-refractivity contribution in [2.24, 2.45) is 11.7 Å². The van der Waals surface area contributed by atoms with Gasteiger partial charge in [-0.05, 0) is 25.3 Å². The first-order valence-electron chi connectivity index (χ1n) is 7.22. The van der Waals surface area contributed by atoms with Gasteiger partial charge in [0.05, 0.1) is 4.92 Å². The molecule has 0 aromatic carbocycles. The summed E-state index contributed by atoms with van der Waals surface area (Å²) in [7, 11) is 0. The monoisotopic (exact) mass is 306 g/mol. The van der Waals surface area contributed by atoms with E-state index in [2.05, 4.69) is 21.2 Å². The van der Waals surface area contributed by atoms with E-state index in [1.165, 1.54) is 18.3 Å². The molecule has 2 aliphatic rings. The molecule has 0 radical (unpaired) electrons. The van der Waals surface area contributed by atoms with Crippen molar-refractivity contribution in [3.8, 4) is 0 Å². The van der Waals surface area contributed by atoms with Crippen molar-refractivity contribution < 1.29 is 9.72 Å². The minimum Gasteiger partial charge on any atom is -0.368 e. The number of hydrogen-bond acceptors (Lipinski definition) is 7. The number of amides is 1. The zero-order valence-electron chi connectivity index (χ0n) is 11.9. The van der Waals surface area contributed by atoms with Gasteiger partial charge >= 0.3 is 5.69 Å². The fraction of sp³-hybridized carbons (Fsp3) is 0.538. The van der Waals surface area contributed by atoms with Crippen molar-refractivity contribution in [1.82, 2.24) is 15.8 Å². The van der Waals surface area contributed by atoms with E-state index in [9.17, 15) is 14.9 Å². The van der Waals surface area contributed by atoms with Crippen molar-refractivity contribution in [3.05, 3.63) is 28.4 Å². The first-order chi connectivity index (χ1) is 10.6. The predicted molar refractivity (Wildman–Crippen MR) is 78.7 cm³/mol. The standard InChI is InChI=1S/C13H18N6O3/c14-12(20)11-8-6-7(3-4-9(8)17-18-11)16-13-10(19(21)22)2-1-5-15-13/h1-2,5,7-9,11,17-18H,3-4,6H2,(H2,14,20)(H,15,16). The van der Waals surface area contributed by atoms with Crippen LogP contribution < -0.4 is 21.9 Å². The highest BCUT2D eigenvalue weighted by molar-refractivity contribution is 5.80. The molecule has 1 amide bonds. The number of carbonyl (C=O) groups excluding carboxylic acids is 1. The van der Waals surface area contributed by atoms with Gasteiger partial charge in [0.15, 0.2) is 0 Å². The maximum Gasteiger partial charge on any atom is 0.311 e. The van der Waals surface area contributed by atoms with Crippen LogP contribution in [0.25, 0.3) is 0 Å². The van der Waals surface area contributed by atoms with Crippen LogP contribution in [0.5, 0.6) is 0 Å². The minimum atomic E-state index is -0.453. The number of rotatable bonds is 4. The van der Waals surface area contributed by atoms with Crippen LogP contribution in [0.3, 0.4) is 0 Å². The van der Waals surface area contributed by atoms with Crippen LogP contribution in [-0.2, 0) is 4.79 Å². The summed E-state index contributed by atoms with van der Waals surface area (Å²) in [5.41, 5.74) is 11.4. The Bertz CT molecular complexity index is 595. The fourth-order valence-corrected chi connectivity index (χ4v) is 3.32. The summed E-state index contributed by atoms with van der Waals surface area (Å²) in [6.07, 6.45) is 3.92. The Balaban J connectivity index is 1.72. The van der Waals surface area contributed by atoms with E-state index in [0.29, 0.717) is 6.42 Å². The van der Waals surface area contributed by atoms with Crippen LogP contribution in [0.1, 0.15) is 19.3 Å². The third-order valence-corrected chi connectivity index (χ3v) is 4.38. The topological polar surface area (TPSA) is 135 Å². The fourth-order valence-electron chi connectivity index (χ4n) is 3.32. The lowest BCUT2D eigenvalue weighted by atomic mass is 9.79. The van der Waals surface area contributed by atoms with Crippen molar-refractivity contribution in [1.29, 1.82) is 0 Å². The Kier molecular flexibility index (Phi) is 3.90. The zero-order valence-corrected chi connectivity index (χ0v) is 11.9. The van der Waals surface area contributed by atoms with E-state index in [1.54, 1.807) is 0 Å². The number of nitro groups is 1. The maximum atomic E-state index is 11.5. The molecule has 1 saturated heterocycles.